The Balaban J connectivity index is 2.29. The van der Waals surface area contributed by atoms with E-state index in [9.17, 15) is 4.79 Å². The van der Waals surface area contributed by atoms with E-state index in [1.807, 2.05) is 11.0 Å². The maximum atomic E-state index is 12.7. The van der Waals surface area contributed by atoms with Gasteiger partial charge in [-0.1, -0.05) is 6.07 Å². The number of hydrogen-bond acceptors (Lipinski definition) is 4. The average Bonchev–Trinajstić information content (AvgIpc) is 2.44. The monoisotopic (exact) mass is 278 g/mol. The Morgan fingerprint density at radius 1 is 1.20 bits per heavy atom. The highest BCUT2D eigenvalue weighted by Gasteiger charge is 2.28. The van der Waals surface area contributed by atoms with Gasteiger partial charge in [-0.15, -0.1) is 0 Å². The van der Waals surface area contributed by atoms with E-state index in [0.29, 0.717) is 42.2 Å². The Kier molecular flexibility index (Phi) is 4.49. The Hall–Kier alpha value is -1.75. The topological polar surface area (TPSA) is 50.8 Å². The zero-order valence-corrected chi connectivity index (χ0v) is 12.5. The minimum absolute atomic E-state index is 0.0130. The van der Waals surface area contributed by atoms with Gasteiger partial charge in [-0.3, -0.25) is 4.79 Å². The van der Waals surface area contributed by atoms with Crippen LogP contribution in [0.4, 0.5) is 0 Å². The Bertz CT molecular complexity index is 480. The molecule has 0 saturated carbocycles. The highest BCUT2D eigenvalue weighted by Crippen LogP contribution is 2.31. The van der Waals surface area contributed by atoms with E-state index in [1.165, 1.54) is 0 Å². The SMILES string of the molecule is COc1cccc(C(=O)N2CC(C)NC(C)C2)c1OC. The molecule has 0 spiro atoms. The molecule has 1 N–H and O–H groups in total. The van der Waals surface area contributed by atoms with E-state index in [1.54, 1.807) is 26.4 Å². The summed E-state index contributed by atoms with van der Waals surface area (Å²) in [4.78, 5) is 14.6. The number of amides is 1. The summed E-state index contributed by atoms with van der Waals surface area (Å²) in [5, 5.41) is 3.42. The summed E-state index contributed by atoms with van der Waals surface area (Å²) in [5.41, 5.74) is 0.549. The number of hydrogen-bond donors (Lipinski definition) is 1. The van der Waals surface area contributed by atoms with Crippen molar-refractivity contribution in [3.8, 4) is 11.5 Å². The predicted molar refractivity (Wildman–Crippen MR) is 77.5 cm³/mol. The van der Waals surface area contributed by atoms with Gasteiger partial charge in [0, 0.05) is 25.2 Å². The predicted octanol–water partition coefficient (Wildman–Crippen LogP) is 1.53. The first-order valence-electron chi connectivity index (χ1n) is 6.83. The summed E-state index contributed by atoms with van der Waals surface area (Å²) in [5.74, 6) is 1.06. The molecular formula is C15H22N2O3. The van der Waals surface area contributed by atoms with Crippen molar-refractivity contribution in [1.82, 2.24) is 10.2 Å². The van der Waals surface area contributed by atoms with Crippen molar-refractivity contribution in [3.63, 3.8) is 0 Å². The number of carbonyl (C=O) groups excluding carboxylic acids is 1. The molecule has 1 aromatic carbocycles. The van der Waals surface area contributed by atoms with Gasteiger partial charge in [-0.05, 0) is 26.0 Å². The molecule has 1 aromatic rings. The van der Waals surface area contributed by atoms with Gasteiger partial charge in [0.1, 0.15) is 0 Å². The number of nitrogens with one attached hydrogen (secondary N) is 1. The number of nitrogens with zero attached hydrogens (tertiary/aromatic N) is 1. The zero-order valence-electron chi connectivity index (χ0n) is 12.5. The lowest BCUT2D eigenvalue weighted by Crippen LogP contribution is -2.55. The largest absolute Gasteiger partial charge is 0.493 e. The molecule has 110 valence electrons. The van der Waals surface area contributed by atoms with Crippen molar-refractivity contribution in [2.45, 2.75) is 25.9 Å². The normalized spacial score (nSPS) is 22.5. The zero-order chi connectivity index (χ0) is 14.7. The van der Waals surface area contributed by atoms with Crippen LogP contribution in [0.3, 0.4) is 0 Å². The van der Waals surface area contributed by atoms with Crippen LogP contribution < -0.4 is 14.8 Å². The molecule has 1 heterocycles. The molecule has 1 amide bonds. The maximum absolute atomic E-state index is 12.7. The van der Waals surface area contributed by atoms with Crippen LogP contribution in [-0.4, -0.2) is 50.2 Å². The van der Waals surface area contributed by atoms with E-state index in [2.05, 4.69) is 19.2 Å². The van der Waals surface area contributed by atoms with E-state index < -0.39 is 0 Å². The molecule has 2 atom stereocenters. The first-order chi connectivity index (χ1) is 9.56. The molecule has 0 aromatic heterocycles. The fourth-order valence-electron chi connectivity index (χ4n) is 2.72. The minimum Gasteiger partial charge on any atom is -0.493 e. The van der Waals surface area contributed by atoms with Gasteiger partial charge >= 0.3 is 0 Å². The van der Waals surface area contributed by atoms with E-state index in [0.717, 1.165) is 0 Å². The summed E-state index contributed by atoms with van der Waals surface area (Å²) in [6, 6.07) is 5.96. The lowest BCUT2D eigenvalue weighted by atomic mass is 10.1. The van der Waals surface area contributed by atoms with Crippen LogP contribution in [0.2, 0.25) is 0 Å². The maximum Gasteiger partial charge on any atom is 0.257 e. The van der Waals surface area contributed by atoms with Gasteiger partial charge < -0.3 is 19.7 Å². The second-order valence-corrected chi connectivity index (χ2v) is 5.22. The molecule has 0 bridgehead atoms. The van der Waals surface area contributed by atoms with Gasteiger partial charge in [0.2, 0.25) is 0 Å². The molecule has 1 aliphatic heterocycles. The first kappa shape index (κ1) is 14.7. The molecule has 0 radical (unpaired) electrons. The summed E-state index contributed by atoms with van der Waals surface area (Å²) in [6.07, 6.45) is 0. The van der Waals surface area contributed by atoms with Crippen molar-refractivity contribution in [3.05, 3.63) is 23.8 Å². The lowest BCUT2D eigenvalue weighted by molar-refractivity contribution is 0.0670. The van der Waals surface area contributed by atoms with Crippen molar-refractivity contribution in [2.75, 3.05) is 27.3 Å². The molecule has 20 heavy (non-hydrogen) atoms. The molecule has 1 saturated heterocycles. The van der Waals surface area contributed by atoms with Crippen molar-refractivity contribution in [1.29, 1.82) is 0 Å². The molecule has 5 nitrogen and oxygen atoms in total. The summed E-state index contributed by atoms with van der Waals surface area (Å²) in [6.45, 7) is 5.56. The van der Waals surface area contributed by atoms with Gasteiger partial charge in [-0.25, -0.2) is 0 Å². The van der Waals surface area contributed by atoms with Gasteiger partial charge in [-0.2, -0.15) is 0 Å². The minimum atomic E-state index is -0.0130. The van der Waals surface area contributed by atoms with Gasteiger partial charge in [0.25, 0.3) is 5.91 Å². The van der Waals surface area contributed by atoms with Crippen LogP contribution in [0.5, 0.6) is 11.5 Å². The van der Waals surface area contributed by atoms with E-state index in [4.69, 9.17) is 9.47 Å². The van der Waals surface area contributed by atoms with Crippen molar-refractivity contribution >= 4 is 5.91 Å². The van der Waals surface area contributed by atoms with Gasteiger partial charge in [0.05, 0.1) is 19.8 Å². The second kappa shape index (κ2) is 6.13. The number of carbonyl (C=O) groups is 1. The quantitative estimate of drug-likeness (QED) is 0.911. The second-order valence-electron chi connectivity index (χ2n) is 5.22. The number of methoxy groups -OCH3 is 2. The van der Waals surface area contributed by atoms with Crippen LogP contribution in [-0.2, 0) is 0 Å². The van der Waals surface area contributed by atoms with Crippen LogP contribution in [0.1, 0.15) is 24.2 Å². The van der Waals surface area contributed by atoms with E-state index in [-0.39, 0.29) is 5.91 Å². The standard InChI is InChI=1S/C15H22N2O3/c1-10-8-17(9-11(2)16-10)15(18)12-6-5-7-13(19-3)14(12)20-4/h5-7,10-11,16H,8-9H2,1-4H3. The Morgan fingerprint density at radius 2 is 1.85 bits per heavy atom. The highest BCUT2D eigenvalue weighted by atomic mass is 16.5. The Labute approximate surface area is 119 Å². The summed E-state index contributed by atoms with van der Waals surface area (Å²) in [7, 11) is 3.12. The number of para-hydroxylation sites is 1. The lowest BCUT2D eigenvalue weighted by Gasteiger charge is -2.36. The third-order valence-corrected chi connectivity index (χ3v) is 3.48. The molecule has 2 rings (SSSR count). The summed E-state index contributed by atoms with van der Waals surface area (Å²) < 4.78 is 10.6. The molecular weight excluding hydrogens is 256 g/mol. The average molecular weight is 278 g/mol. The number of piperazine rings is 1. The van der Waals surface area contributed by atoms with Crippen LogP contribution >= 0.6 is 0 Å². The fraction of sp³-hybridized carbons (Fsp3) is 0.533. The number of ether oxygens (including phenoxy) is 2. The van der Waals surface area contributed by atoms with Crippen molar-refractivity contribution < 1.29 is 14.3 Å². The van der Waals surface area contributed by atoms with Crippen LogP contribution in [0.25, 0.3) is 0 Å². The van der Waals surface area contributed by atoms with Crippen LogP contribution in [0, 0.1) is 0 Å². The summed E-state index contributed by atoms with van der Waals surface area (Å²) >= 11 is 0. The number of rotatable bonds is 3. The molecule has 1 fully saturated rings. The van der Waals surface area contributed by atoms with E-state index >= 15 is 0 Å². The molecule has 0 aliphatic carbocycles. The third-order valence-electron chi connectivity index (χ3n) is 3.48. The molecule has 1 aliphatic rings. The van der Waals surface area contributed by atoms with Gasteiger partial charge in [0.15, 0.2) is 11.5 Å². The van der Waals surface area contributed by atoms with Crippen molar-refractivity contribution in [2.24, 2.45) is 0 Å². The fourth-order valence-corrected chi connectivity index (χ4v) is 2.72. The van der Waals surface area contributed by atoms with Crippen LogP contribution in [0.15, 0.2) is 18.2 Å². The Morgan fingerprint density at radius 3 is 2.40 bits per heavy atom. The number of benzene rings is 1. The molecule has 5 heteroatoms. The molecule has 2 unspecified atom stereocenters. The highest BCUT2D eigenvalue weighted by molar-refractivity contribution is 5.98. The third kappa shape index (κ3) is 2.88. The first-order valence-corrected chi connectivity index (χ1v) is 6.83. The smallest absolute Gasteiger partial charge is 0.257 e.